The molecule has 3 aromatic carbocycles. The van der Waals surface area contributed by atoms with Gasteiger partial charge < -0.3 is 14.0 Å². The van der Waals surface area contributed by atoms with Crippen LogP contribution in [-0.2, 0) is 14.8 Å². The molecule has 41 heavy (non-hydrogen) atoms. The number of nitrogens with one attached hydrogen (secondary N) is 1. The van der Waals surface area contributed by atoms with Crippen LogP contribution in [0.1, 0.15) is 22.5 Å². The predicted octanol–water partition coefficient (Wildman–Crippen LogP) is 5.42. The first-order valence-electron chi connectivity index (χ1n) is 12.6. The lowest BCUT2D eigenvalue weighted by atomic mass is 10.2. The summed E-state index contributed by atoms with van der Waals surface area (Å²) < 4.78 is 41.1. The van der Waals surface area contributed by atoms with Gasteiger partial charge in [-0.15, -0.1) is 0 Å². The molecular formula is C30H31ClN4O5S. The smallest absolute Gasteiger partial charge is 0.264 e. The van der Waals surface area contributed by atoms with Gasteiger partial charge in [0.15, 0.2) is 11.5 Å². The second-order valence-electron chi connectivity index (χ2n) is 9.30. The average molecular weight is 595 g/mol. The van der Waals surface area contributed by atoms with E-state index in [2.05, 4.69) is 10.5 Å². The summed E-state index contributed by atoms with van der Waals surface area (Å²) in [5.74, 6) is 0.0199. The topological polar surface area (TPSA) is 102 Å². The maximum Gasteiger partial charge on any atom is 0.264 e. The van der Waals surface area contributed by atoms with Crippen LogP contribution in [0.3, 0.4) is 0 Å². The van der Waals surface area contributed by atoms with Crippen LogP contribution in [0.5, 0.6) is 11.5 Å². The number of ether oxygens (including phenoxy) is 2. The van der Waals surface area contributed by atoms with Gasteiger partial charge >= 0.3 is 0 Å². The number of methoxy groups -OCH3 is 2. The van der Waals surface area contributed by atoms with E-state index in [9.17, 15) is 13.2 Å². The SMILES string of the molecule is COc1ccc(S(=O)(=O)N(CC(=O)N/N=C/c2cc(C)n(-c3cccc(Cl)c3)c2C)c2ccc(C)cc2)cc1OC. The van der Waals surface area contributed by atoms with Crippen LogP contribution in [0.15, 0.2) is 82.8 Å². The quantitative estimate of drug-likeness (QED) is 0.195. The largest absolute Gasteiger partial charge is 0.493 e. The van der Waals surface area contributed by atoms with Crippen molar-refractivity contribution >= 4 is 39.4 Å². The number of rotatable bonds is 10. The molecule has 1 N–H and O–H groups in total. The first-order chi connectivity index (χ1) is 19.5. The van der Waals surface area contributed by atoms with E-state index >= 15 is 0 Å². The fraction of sp³-hybridized carbons (Fsp3) is 0.200. The minimum atomic E-state index is -4.17. The van der Waals surface area contributed by atoms with Gasteiger partial charge in [-0.2, -0.15) is 5.10 Å². The van der Waals surface area contributed by atoms with Crippen LogP contribution in [0.25, 0.3) is 5.69 Å². The zero-order valence-corrected chi connectivity index (χ0v) is 25.0. The molecule has 4 rings (SSSR count). The lowest BCUT2D eigenvalue weighted by molar-refractivity contribution is -0.119. The number of sulfonamides is 1. The van der Waals surface area contributed by atoms with Gasteiger partial charge in [0.05, 0.1) is 31.0 Å². The monoisotopic (exact) mass is 594 g/mol. The molecular weight excluding hydrogens is 564 g/mol. The van der Waals surface area contributed by atoms with E-state index < -0.39 is 22.5 Å². The van der Waals surface area contributed by atoms with Crippen molar-refractivity contribution in [2.45, 2.75) is 25.7 Å². The number of aryl methyl sites for hydroxylation is 2. The Morgan fingerprint density at radius 3 is 2.34 bits per heavy atom. The standard InChI is InChI=1S/C30H31ClN4O5S/c1-20-9-11-25(12-10-20)34(41(37,38)27-13-14-28(39-4)29(17-27)40-5)19-30(36)33-32-18-23-15-21(2)35(22(23)3)26-8-6-7-24(31)16-26/h6-18H,19H2,1-5H3,(H,33,36)/b32-18+. The summed E-state index contributed by atoms with van der Waals surface area (Å²) in [4.78, 5) is 13.0. The molecule has 4 aromatic rings. The maximum atomic E-state index is 13.8. The van der Waals surface area contributed by atoms with Crippen LogP contribution < -0.4 is 19.2 Å². The molecule has 0 unspecified atom stereocenters. The molecule has 0 fully saturated rings. The molecule has 0 aliphatic rings. The van der Waals surface area contributed by atoms with Crippen molar-refractivity contribution in [3.05, 3.63) is 100 Å². The molecule has 0 saturated heterocycles. The summed E-state index contributed by atoms with van der Waals surface area (Å²) in [6.07, 6.45) is 1.53. The Kier molecular flexibility index (Phi) is 9.05. The van der Waals surface area contributed by atoms with Crippen LogP contribution in [-0.4, -0.2) is 45.9 Å². The third kappa shape index (κ3) is 6.55. The lowest BCUT2D eigenvalue weighted by Gasteiger charge is -2.24. The highest BCUT2D eigenvalue weighted by molar-refractivity contribution is 7.92. The Morgan fingerprint density at radius 1 is 0.976 bits per heavy atom. The number of carbonyl (C=O) groups is 1. The summed E-state index contributed by atoms with van der Waals surface area (Å²) >= 11 is 6.17. The number of carbonyl (C=O) groups excluding carboxylic acids is 1. The highest BCUT2D eigenvalue weighted by Crippen LogP contribution is 2.32. The van der Waals surface area contributed by atoms with E-state index in [0.29, 0.717) is 16.5 Å². The summed E-state index contributed by atoms with van der Waals surface area (Å²) in [6.45, 7) is 5.29. The van der Waals surface area contributed by atoms with E-state index in [4.69, 9.17) is 21.1 Å². The van der Waals surface area contributed by atoms with E-state index in [1.165, 1.54) is 38.6 Å². The Morgan fingerprint density at radius 2 is 1.68 bits per heavy atom. The van der Waals surface area contributed by atoms with Crippen LogP contribution >= 0.6 is 11.6 Å². The third-order valence-corrected chi connectivity index (χ3v) is 8.49. The number of amides is 1. The van der Waals surface area contributed by atoms with E-state index in [1.54, 1.807) is 24.3 Å². The fourth-order valence-electron chi connectivity index (χ4n) is 4.40. The number of hydrogen-bond donors (Lipinski definition) is 1. The number of anilines is 1. The molecule has 0 spiro atoms. The molecule has 1 aromatic heterocycles. The summed E-state index contributed by atoms with van der Waals surface area (Å²) in [5, 5.41) is 4.74. The Bertz CT molecular complexity index is 1700. The van der Waals surface area contributed by atoms with Gasteiger partial charge in [-0.25, -0.2) is 13.8 Å². The van der Waals surface area contributed by atoms with Crippen molar-refractivity contribution in [3.63, 3.8) is 0 Å². The lowest BCUT2D eigenvalue weighted by Crippen LogP contribution is -2.39. The molecule has 0 saturated carbocycles. The second-order valence-corrected chi connectivity index (χ2v) is 11.6. The number of benzene rings is 3. The van der Waals surface area contributed by atoms with E-state index in [0.717, 1.165) is 32.5 Å². The predicted molar refractivity (Wildman–Crippen MR) is 161 cm³/mol. The molecule has 0 aliphatic heterocycles. The minimum Gasteiger partial charge on any atom is -0.493 e. The van der Waals surface area contributed by atoms with Gasteiger partial charge in [-0.3, -0.25) is 9.10 Å². The van der Waals surface area contributed by atoms with Crippen LogP contribution in [0.4, 0.5) is 5.69 Å². The van der Waals surface area contributed by atoms with E-state index in [-0.39, 0.29) is 10.6 Å². The van der Waals surface area contributed by atoms with Gasteiger partial charge in [-0.1, -0.05) is 35.4 Å². The number of nitrogens with zero attached hydrogens (tertiary/aromatic N) is 3. The summed E-state index contributed by atoms with van der Waals surface area (Å²) in [5.41, 5.74) is 7.30. The third-order valence-electron chi connectivity index (χ3n) is 6.48. The van der Waals surface area contributed by atoms with Gasteiger partial charge in [0, 0.05) is 33.7 Å². The normalized spacial score (nSPS) is 11.5. The minimum absolute atomic E-state index is 0.0551. The van der Waals surface area contributed by atoms with Crippen molar-refractivity contribution in [2.24, 2.45) is 5.10 Å². The zero-order chi connectivity index (χ0) is 29.7. The molecule has 0 radical (unpaired) electrons. The maximum absolute atomic E-state index is 13.8. The zero-order valence-electron chi connectivity index (χ0n) is 23.4. The first kappa shape index (κ1) is 29.7. The second kappa shape index (κ2) is 12.5. The number of halogens is 1. The van der Waals surface area contributed by atoms with E-state index in [1.807, 2.05) is 55.7 Å². The molecule has 1 heterocycles. The Balaban J connectivity index is 1.58. The molecule has 9 nitrogen and oxygen atoms in total. The van der Waals surface area contributed by atoms with Crippen molar-refractivity contribution < 1.29 is 22.7 Å². The van der Waals surface area contributed by atoms with Gasteiger partial charge in [-0.05, 0) is 69.3 Å². The van der Waals surface area contributed by atoms with Crippen molar-refractivity contribution in [3.8, 4) is 17.2 Å². The fourth-order valence-corrected chi connectivity index (χ4v) is 6.02. The van der Waals surface area contributed by atoms with Crippen LogP contribution in [0.2, 0.25) is 5.02 Å². The Labute approximate surface area is 245 Å². The number of aromatic nitrogens is 1. The number of hydrogen-bond acceptors (Lipinski definition) is 6. The summed E-state index contributed by atoms with van der Waals surface area (Å²) in [7, 11) is -1.29. The van der Waals surface area contributed by atoms with Crippen LogP contribution in [0, 0.1) is 20.8 Å². The highest BCUT2D eigenvalue weighted by Gasteiger charge is 2.28. The molecule has 0 bridgehead atoms. The van der Waals surface area contributed by atoms with Gasteiger partial charge in [0.25, 0.3) is 15.9 Å². The van der Waals surface area contributed by atoms with Gasteiger partial charge in [0.1, 0.15) is 6.54 Å². The molecule has 0 atom stereocenters. The molecule has 214 valence electrons. The molecule has 1 amide bonds. The van der Waals surface area contributed by atoms with Crippen molar-refractivity contribution in [1.29, 1.82) is 0 Å². The van der Waals surface area contributed by atoms with Gasteiger partial charge in [0.2, 0.25) is 0 Å². The average Bonchev–Trinajstić information content (AvgIpc) is 3.24. The summed E-state index contributed by atoms with van der Waals surface area (Å²) in [6, 6.07) is 20.6. The highest BCUT2D eigenvalue weighted by atomic mass is 35.5. The first-order valence-corrected chi connectivity index (χ1v) is 14.4. The molecule has 11 heteroatoms. The van der Waals surface area contributed by atoms with Crippen molar-refractivity contribution in [1.82, 2.24) is 9.99 Å². The molecule has 0 aliphatic carbocycles. The number of hydrazone groups is 1. The van der Waals surface area contributed by atoms with Crippen molar-refractivity contribution in [2.75, 3.05) is 25.1 Å². The Hall–Kier alpha value is -4.28.